The first-order chi connectivity index (χ1) is 11.6. The molecular formula is C21H28N2O. The summed E-state index contributed by atoms with van der Waals surface area (Å²) in [6, 6.07) is 8.48. The van der Waals surface area contributed by atoms with Crippen molar-refractivity contribution in [2.75, 3.05) is 6.54 Å². The van der Waals surface area contributed by atoms with E-state index < -0.39 is 0 Å². The fourth-order valence-electron chi connectivity index (χ4n) is 3.82. The van der Waals surface area contributed by atoms with Gasteiger partial charge in [-0.25, -0.2) is 0 Å². The number of nitrogens with zero attached hydrogens (tertiary/aromatic N) is 1. The number of carbonyl (C=O) groups is 1. The van der Waals surface area contributed by atoms with E-state index >= 15 is 0 Å². The third-order valence-electron chi connectivity index (χ3n) is 5.18. The number of nitrogens with one attached hydrogen (secondary N) is 1. The van der Waals surface area contributed by atoms with Crippen molar-refractivity contribution in [3.05, 3.63) is 57.9 Å². The van der Waals surface area contributed by atoms with Gasteiger partial charge in [0.15, 0.2) is 0 Å². The summed E-state index contributed by atoms with van der Waals surface area (Å²) in [5, 5.41) is 3.08. The van der Waals surface area contributed by atoms with Crippen LogP contribution in [0, 0.1) is 13.8 Å². The van der Waals surface area contributed by atoms with Crippen molar-refractivity contribution in [3.63, 3.8) is 0 Å². The molecule has 1 heterocycles. The molecule has 0 unspecified atom stereocenters. The Morgan fingerprint density at radius 3 is 2.67 bits per heavy atom. The van der Waals surface area contributed by atoms with Gasteiger partial charge in [0, 0.05) is 18.8 Å². The highest BCUT2D eigenvalue weighted by Gasteiger charge is 2.26. The monoisotopic (exact) mass is 324 g/mol. The first-order valence-corrected chi connectivity index (χ1v) is 9.17. The van der Waals surface area contributed by atoms with Crippen molar-refractivity contribution in [3.8, 4) is 0 Å². The quantitative estimate of drug-likeness (QED) is 0.880. The first kappa shape index (κ1) is 16.8. The topological polar surface area (TPSA) is 34.0 Å². The molecule has 2 aromatic rings. The molecule has 3 heteroatoms. The zero-order valence-corrected chi connectivity index (χ0v) is 15.1. The van der Waals surface area contributed by atoms with Gasteiger partial charge < -0.3 is 9.88 Å². The Hall–Kier alpha value is -2.03. The number of rotatable bonds is 5. The predicted octanol–water partition coefficient (Wildman–Crippen LogP) is 4.17. The average molecular weight is 324 g/mol. The van der Waals surface area contributed by atoms with Crippen molar-refractivity contribution in [2.45, 2.75) is 59.4 Å². The molecule has 1 aliphatic carbocycles. The van der Waals surface area contributed by atoms with Crippen molar-refractivity contribution in [2.24, 2.45) is 0 Å². The molecule has 0 bridgehead atoms. The SMILES string of the molecule is CCCNC(=O)c1c(C)c2c(n1Cc1ccccc1C)CCCC2. The minimum absolute atomic E-state index is 0.0809. The third kappa shape index (κ3) is 3.12. The molecule has 0 radical (unpaired) electrons. The maximum atomic E-state index is 12.8. The number of aryl methyl sites for hydroxylation is 1. The van der Waals surface area contributed by atoms with Gasteiger partial charge in [-0.1, -0.05) is 31.2 Å². The lowest BCUT2D eigenvalue weighted by Crippen LogP contribution is -2.28. The zero-order valence-electron chi connectivity index (χ0n) is 15.1. The lowest BCUT2D eigenvalue weighted by atomic mass is 9.95. The second-order valence-electron chi connectivity index (χ2n) is 6.87. The first-order valence-electron chi connectivity index (χ1n) is 9.17. The molecule has 0 saturated heterocycles. The summed E-state index contributed by atoms with van der Waals surface area (Å²) >= 11 is 0. The van der Waals surface area contributed by atoms with Crippen LogP contribution < -0.4 is 5.32 Å². The number of benzene rings is 1. The molecule has 0 saturated carbocycles. The molecule has 1 N–H and O–H groups in total. The standard InChI is InChI=1S/C21H28N2O/c1-4-13-22-21(24)20-16(3)18-11-7-8-12-19(18)23(20)14-17-10-6-5-9-15(17)2/h5-6,9-10H,4,7-8,11-14H2,1-3H3,(H,22,24). The zero-order chi connectivity index (χ0) is 17.1. The summed E-state index contributed by atoms with van der Waals surface area (Å²) in [5.74, 6) is 0.0809. The van der Waals surface area contributed by atoms with Gasteiger partial charge in [0.05, 0.1) is 0 Å². The fourth-order valence-corrected chi connectivity index (χ4v) is 3.82. The molecule has 24 heavy (non-hydrogen) atoms. The Bertz CT molecular complexity index is 743. The number of amides is 1. The molecule has 3 nitrogen and oxygen atoms in total. The maximum Gasteiger partial charge on any atom is 0.268 e. The van der Waals surface area contributed by atoms with Crippen LogP contribution in [0.5, 0.6) is 0 Å². The van der Waals surface area contributed by atoms with E-state index in [1.165, 1.54) is 40.8 Å². The number of carbonyl (C=O) groups excluding carboxylic acids is 1. The van der Waals surface area contributed by atoms with Gasteiger partial charge in [0.1, 0.15) is 5.69 Å². The van der Waals surface area contributed by atoms with Crippen LogP contribution in [0.4, 0.5) is 0 Å². The largest absolute Gasteiger partial charge is 0.351 e. The molecule has 3 rings (SSSR count). The van der Waals surface area contributed by atoms with Crippen molar-refractivity contribution in [1.82, 2.24) is 9.88 Å². The highest BCUT2D eigenvalue weighted by Crippen LogP contribution is 2.30. The number of hydrogen-bond donors (Lipinski definition) is 1. The van der Waals surface area contributed by atoms with Gasteiger partial charge in [0.25, 0.3) is 5.91 Å². The lowest BCUT2D eigenvalue weighted by Gasteiger charge is -2.18. The Morgan fingerprint density at radius 1 is 1.17 bits per heavy atom. The molecule has 0 fully saturated rings. The molecule has 0 spiro atoms. The van der Waals surface area contributed by atoms with Crippen molar-refractivity contribution < 1.29 is 4.79 Å². The van der Waals surface area contributed by atoms with E-state index in [4.69, 9.17) is 0 Å². The highest BCUT2D eigenvalue weighted by molar-refractivity contribution is 5.95. The molecule has 128 valence electrons. The van der Waals surface area contributed by atoms with Crippen molar-refractivity contribution in [1.29, 1.82) is 0 Å². The Morgan fingerprint density at radius 2 is 1.92 bits per heavy atom. The molecule has 0 aliphatic heterocycles. The second-order valence-corrected chi connectivity index (χ2v) is 6.87. The molecule has 1 amide bonds. The third-order valence-corrected chi connectivity index (χ3v) is 5.18. The Kier molecular flexibility index (Phi) is 5.08. The second kappa shape index (κ2) is 7.25. The summed E-state index contributed by atoms with van der Waals surface area (Å²) in [6.45, 7) is 7.88. The minimum atomic E-state index is 0.0809. The molecule has 0 atom stereocenters. The van der Waals surface area contributed by atoms with E-state index in [1.54, 1.807) is 0 Å². The summed E-state index contributed by atoms with van der Waals surface area (Å²) < 4.78 is 2.29. The fraction of sp³-hybridized carbons (Fsp3) is 0.476. The van der Waals surface area contributed by atoms with E-state index in [-0.39, 0.29) is 5.91 Å². The van der Waals surface area contributed by atoms with Crippen LogP contribution >= 0.6 is 0 Å². The summed E-state index contributed by atoms with van der Waals surface area (Å²) in [4.78, 5) is 12.8. The van der Waals surface area contributed by atoms with E-state index in [1.807, 2.05) is 0 Å². The van der Waals surface area contributed by atoms with Gasteiger partial charge in [0.2, 0.25) is 0 Å². The molecular weight excluding hydrogens is 296 g/mol. The average Bonchev–Trinajstić information content (AvgIpc) is 2.87. The summed E-state index contributed by atoms with van der Waals surface area (Å²) in [6.07, 6.45) is 5.61. The van der Waals surface area contributed by atoms with Crippen LogP contribution in [0.25, 0.3) is 0 Å². The normalized spacial score (nSPS) is 13.6. The van der Waals surface area contributed by atoms with Crippen LogP contribution in [0.2, 0.25) is 0 Å². The number of hydrogen-bond acceptors (Lipinski definition) is 1. The van der Waals surface area contributed by atoms with Crippen LogP contribution in [0.15, 0.2) is 24.3 Å². The van der Waals surface area contributed by atoms with Gasteiger partial charge in [-0.3, -0.25) is 4.79 Å². The van der Waals surface area contributed by atoms with Crippen LogP contribution in [-0.2, 0) is 19.4 Å². The van der Waals surface area contributed by atoms with Crippen LogP contribution in [0.3, 0.4) is 0 Å². The van der Waals surface area contributed by atoms with E-state index in [0.29, 0.717) is 0 Å². The van der Waals surface area contributed by atoms with E-state index in [0.717, 1.165) is 38.0 Å². The van der Waals surface area contributed by atoms with Crippen LogP contribution in [0.1, 0.15) is 64.6 Å². The van der Waals surface area contributed by atoms with Crippen molar-refractivity contribution >= 4 is 5.91 Å². The maximum absolute atomic E-state index is 12.8. The molecule has 1 aliphatic rings. The Labute approximate surface area is 145 Å². The molecule has 1 aromatic heterocycles. The minimum Gasteiger partial charge on any atom is -0.351 e. The summed E-state index contributed by atoms with van der Waals surface area (Å²) in [7, 11) is 0. The highest BCUT2D eigenvalue weighted by atomic mass is 16.1. The van der Waals surface area contributed by atoms with Gasteiger partial charge >= 0.3 is 0 Å². The van der Waals surface area contributed by atoms with Gasteiger partial charge in [-0.15, -0.1) is 0 Å². The number of aromatic nitrogens is 1. The van der Waals surface area contributed by atoms with Crippen LogP contribution in [-0.4, -0.2) is 17.0 Å². The summed E-state index contributed by atoms with van der Waals surface area (Å²) in [5.41, 5.74) is 7.43. The lowest BCUT2D eigenvalue weighted by molar-refractivity contribution is 0.0944. The van der Waals surface area contributed by atoms with E-state index in [9.17, 15) is 4.79 Å². The number of fused-ring (bicyclic) bond motifs is 1. The van der Waals surface area contributed by atoms with E-state index in [2.05, 4.69) is 54.9 Å². The predicted molar refractivity (Wildman–Crippen MR) is 98.7 cm³/mol. The smallest absolute Gasteiger partial charge is 0.268 e. The van der Waals surface area contributed by atoms with Gasteiger partial charge in [-0.05, 0) is 68.2 Å². The molecule has 1 aromatic carbocycles. The van der Waals surface area contributed by atoms with Gasteiger partial charge in [-0.2, -0.15) is 0 Å². The Balaban J connectivity index is 2.05.